The molecule has 2 heterocycles. The minimum atomic E-state index is -0.997. The highest BCUT2D eigenvalue weighted by atomic mass is 16.4. The van der Waals surface area contributed by atoms with Gasteiger partial charge >= 0.3 is 12.0 Å². The van der Waals surface area contributed by atoms with E-state index in [1.807, 2.05) is 0 Å². The molecule has 2 aromatic rings. The molecule has 2 fully saturated rings. The predicted molar refractivity (Wildman–Crippen MR) is 105 cm³/mol. The van der Waals surface area contributed by atoms with Crippen molar-refractivity contribution in [3.8, 4) is 0 Å². The maximum atomic E-state index is 12.9. The van der Waals surface area contributed by atoms with E-state index in [9.17, 15) is 14.4 Å². The van der Waals surface area contributed by atoms with E-state index >= 15 is 0 Å². The van der Waals surface area contributed by atoms with Gasteiger partial charge in [0.15, 0.2) is 0 Å². The molecule has 1 aliphatic heterocycles. The van der Waals surface area contributed by atoms with E-state index in [4.69, 9.17) is 5.11 Å². The second kappa shape index (κ2) is 7.94. The molecule has 1 aromatic heterocycles. The van der Waals surface area contributed by atoms with Gasteiger partial charge in [-0.15, -0.1) is 0 Å². The number of nitrogens with one attached hydrogen (secondary N) is 2. The maximum Gasteiger partial charge on any atom is 0.338 e. The molecular formula is C20H23N5O4. The normalized spacial score (nSPS) is 17.0. The zero-order valence-electron chi connectivity index (χ0n) is 15.9. The molecule has 152 valence electrons. The van der Waals surface area contributed by atoms with Gasteiger partial charge in [-0.1, -0.05) is 6.07 Å². The van der Waals surface area contributed by atoms with E-state index in [-0.39, 0.29) is 29.6 Å². The number of rotatable bonds is 5. The summed E-state index contributed by atoms with van der Waals surface area (Å²) in [5.41, 5.74) is 1.28. The van der Waals surface area contributed by atoms with Gasteiger partial charge < -0.3 is 20.6 Å². The number of piperidine rings is 1. The third-order valence-corrected chi connectivity index (χ3v) is 5.25. The van der Waals surface area contributed by atoms with E-state index in [0.29, 0.717) is 37.2 Å². The number of carbonyl (C=O) groups excluding carboxylic acids is 2. The average Bonchev–Trinajstić information content (AvgIpc) is 3.38. The maximum absolute atomic E-state index is 12.9. The van der Waals surface area contributed by atoms with Crippen molar-refractivity contribution in [2.45, 2.75) is 37.8 Å². The molecule has 1 saturated carbocycles. The van der Waals surface area contributed by atoms with Crippen LogP contribution in [0.4, 0.5) is 10.5 Å². The molecule has 4 rings (SSSR count). The molecule has 1 aliphatic carbocycles. The zero-order chi connectivity index (χ0) is 20.4. The van der Waals surface area contributed by atoms with Crippen LogP contribution >= 0.6 is 0 Å². The lowest BCUT2D eigenvalue weighted by molar-refractivity contribution is 0.0688. The zero-order valence-corrected chi connectivity index (χ0v) is 15.9. The van der Waals surface area contributed by atoms with Gasteiger partial charge in [-0.25, -0.2) is 9.59 Å². The van der Waals surface area contributed by atoms with E-state index in [1.54, 1.807) is 33.8 Å². The van der Waals surface area contributed by atoms with Crippen molar-refractivity contribution in [3.05, 3.63) is 47.8 Å². The van der Waals surface area contributed by atoms with Crippen LogP contribution in [0.25, 0.3) is 0 Å². The van der Waals surface area contributed by atoms with Crippen molar-refractivity contribution >= 4 is 23.6 Å². The molecule has 1 aromatic carbocycles. The molecule has 9 nitrogen and oxygen atoms in total. The Balaban J connectivity index is 1.34. The highest BCUT2D eigenvalue weighted by Crippen LogP contribution is 2.24. The van der Waals surface area contributed by atoms with Crippen LogP contribution < -0.4 is 10.6 Å². The van der Waals surface area contributed by atoms with E-state index in [1.165, 1.54) is 12.4 Å². The van der Waals surface area contributed by atoms with E-state index < -0.39 is 5.97 Å². The van der Waals surface area contributed by atoms with Crippen LogP contribution in [0.15, 0.2) is 36.7 Å². The third kappa shape index (κ3) is 4.56. The Kier molecular flexibility index (Phi) is 5.20. The summed E-state index contributed by atoms with van der Waals surface area (Å²) in [5, 5.41) is 18.8. The van der Waals surface area contributed by atoms with Crippen LogP contribution in [0.2, 0.25) is 0 Å². The van der Waals surface area contributed by atoms with Crippen molar-refractivity contribution < 1.29 is 19.5 Å². The smallest absolute Gasteiger partial charge is 0.338 e. The lowest BCUT2D eigenvalue weighted by Gasteiger charge is -2.32. The van der Waals surface area contributed by atoms with Crippen molar-refractivity contribution in [2.24, 2.45) is 0 Å². The van der Waals surface area contributed by atoms with Gasteiger partial charge in [0.1, 0.15) is 0 Å². The summed E-state index contributed by atoms with van der Waals surface area (Å²) < 4.78 is 1.67. The average molecular weight is 397 g/mol. The standard InChI is InChI=1S/C20H23N5O4/c26-18(13-2-1-3-16(10-13)23-20(29)22-15-4-5-15)24-8-6-17(7-9-24)25-12-14(11-21-25)19(27)28/h1-3,10-12,15,17H,4-9H2,(H,27,28)(H2,22,23,29). The Morgan fingerprint density at radius 2 is 1.83 bits per heavy atom. The number of anilines is 1. The number of amides is 3. The van der Waals surface area contributed by atoms with Crippen molar-refractivity contribution in [1.29, 1.82) is 0 Å². The lowest BCUT2D eigenvalue weighted by atomic mass is 10.0. The number of hydrogen-bond donors (Lipinski definition) is 3. The molecular weight excluding hydrogens is 374 g/mol. The minimum Gasteiger partial charge on any atom is -0.478 e. The van der Waals surface area contributed by atoms with Gasteiger partial charge in [-0.05, 0) is 43.9 Å². The van der Waals surface area contributed by atoms with Crippen LogP contribution in [0.3, 0.4) is 0 Å². The van der Waals surface area contributed by atoms with Gasteiger partial charge in [-0.3, -0.25) is 9.48 Å². The summed E-state index contributed by atoms with van der Waals surface area (Å²) in [4.78, 5) is 37.5. The first kappa shape index (κ1) is 19.0. The summed E-state index contributed by atoms with van der Waals surface area (Å²) in [6, 6.07) is 7.03. The first-order chi connectivity index (χ1) is 14.0. The molecule has 0 bridgehead atoms. The summed E-state index contributed by atoms with van der Waals surface area (Å²) in [7, 11) is 0. The highest BCUT2D eigenvalue weighted by Gasteiger charge is 2.26. The number of benzene rings is 1. The molecule has 2 aliphatic rings. The van der Waals surface area contributed by atoms with Crippen molar-refractivity contribution in [2.75, 3.05) is 18.4 Å². The molecule has 3 amide bonds. The van der Waals surface area contributed by atoms with Gasteiger partial charge in [0, 0.05) is 36.6 Å². The molecule has 0 spiro atoms. The van der Waals surface area contributed by atoms with E-state index in [0.717, 1.165) is 12.8 Å². The predicted octanol–water partition coefficient (Wildman–Crippen LogP) is 2.34. The van der Waals surface area contributed by atoms with Gasteiger partial charge in [0.05, 0.1) is 17.8 Å². The molecule has 0 radical (unpaired) electrons. The summed E-state index contributed by atoms with van der Waals surface area (Å²) in [5.74, 6) is -1.08. The molecule has 0 atom stereocenters. The fourth-order valence-corrected chi connectivity index (χ4v) is 3.47. The topological polar surface area (TPSA) is 117 Å². The van der Waals surface area contributed by atoms with Crippen LogP contribution in [0, 0.1) is 0 Å². The minimum absolute atomic E-state index is 0.0753. The van der Waals surface area contributed by atoms with Gasteiger partial charge in [0.2, 0.25) is 0 Å². The Morgan fingerprint density at radius 3 is 2.48 bits per heavy atom. The second-order valence-electron chi connectivity index (χ2n) is 7.49. The highest BCUT2D eigenvalue weighted by molar-refractivity contribution is 5.97. The number of aromatic carboxylic acids is 1. The number of likely N-dealkylation sites (tertiary alicyclic amines) is 1. The summed E-state index contributed by atoms with van der Waals surface area (Å²) >= 11 is 0. The molecule has 0 unspecified atom stereocenters. The first-order valence-electron chi connectivity index (χ1n) is 9.74. The largest absolute Gasteiger partial charge is 0.478 e. The van der Waals surface area contributed by atoms with Gasteiger partial charge in [0.25, 0.3) is 5.91 Å². The number of urea groups is 1. The lowest BCUT2D eigenvalue weighted by Crippen LogP contribution is -2.39. The number of nitrogens with zero attached hydrogens (tertiary/aromatic N) is 3. The number of carboxylic acid groups (broad SMARTS) is 1. The second-order valence-corrected chi connectivity index (χ2v) is 7.49. The third-order valence-electron chi connectivity index (χ3n) is 5.25. The van der Waals surface area contributed by atoms with Crippen molar-refractivity contribution in [3.63, 3.8) is 0 Å². The Labute approximate surface area is 167 Å². The van der Waals surface area contributed by atoms with Crippen LogP contribution in [-0.2, 0) is 0 Å². The van der Waals surface area contributed by atoms with Crippen molar-refractivity contribution in [1.82, 2.24) is 20.0 Å². The van der Waals surface area contributed by atoms with E-state index in [2.05, 4.69) is 15.7 Å². The molecule has 9 heteroatoms. The summed E-state index contributed by atoms with van der Waals surface area (Å²) in [6.07, 6.45) is 6.31. The number of hydrogen-bond acceptors (Lipinski definition) is 4. The Bertz CT molecular complexity index is 928. The monoisotopic (exact) mass is 397 g/mol. The number of carbonyl (C=O) groups is 3. The Hall–Kier alpha value is -3.36. The fourth-order valence-electron chi connectivity index (χ4n) is 3.47. The summed E-state index contributed by atoms with van der Waals surface area (Å²) in [6.45, 7) is 1.12. The quantitative estimate of drug-likeness (QED) is 0.716. The molecule has 29 heavy (non-hydrogen) atoms. The molecule has 1 saturated heterocycles. The fraction of sp³-hybridized carbons (Fsp3) is 0.400. The Morgan fingerprint density at radius 1 is 1.07 bits per heavy atom. The number of aromatic nitrogens is 2. The van der Waals surface area contributed by atoms with Gasteiger partial charge in [-0.2, -0.15) is 5.10 Å². The van der Waals surface area contributed by atoms with Crippen LogP contribution in [-0.4, -0.2) is 56.8 Å². The van der Waals surface area contributed by atoms with Crippen LogP contribution in [0.1, 0.15) is 52.4 Å². The van der Waals surface area contributed by atoms with Crippen LogP contribution in [0.5, 0.6) is 0 Å². The molecule has 3 N–H and O–H groups in total. The number of carboxylic acids is 1. The SMILES string of the molecule is O=C(Nc1cccc(C(=O)N2CCC(n3cc(C(=O)O)cn3)CC2)c1)NC1CC1. The first-order valence-corrected chi connectivity index (χ1v) is 9.74.